The number of piperazine rings is 1. The minimum absolute atomic E-state index is 0.1000. The quantitative estimate of drug-likeness (QED) is 0.832. The maximum Gasteiger partial charge on any atom is 0.312 e. The van der Waals surface area contributed by atoms with Crippen molar-refractivity contribution in [3.05, 3.63) is 48.0 Å². The van der Waals surface area contributed by atoms with Crippen molar-refractivity contribution in [2.45, 2.75) is 19.9 Å². The zero-order valence-electron chi connectivity index (χ0n) is 15.1. The lowest BCUT2D eigenvalue weighted by Gasteiger charge is -2.32. The molecule has 1 N–H and O–H groups in total. The molecule has 1 aliphatic rings. The van der Waals surface area contributed by atoms with E-state index in [1.165, 1.54) is 9.80 Å². The molecule has 6 heteroatoms. The molecule has 0 aromatic heterocycles. The summed E-state index contributed by atoms with van der Waals surface area (Å²) in [7, 11) is 0. The molecular weight excluding hydrogens is 330 g/mol. The van der Waals surface area contributed by atoms with E-state index < -0.39 is 11.8 Å². The van der Waals surface area contributed by atoms with Gasteiger partial charge in [0.25, 0.3) is 0 Å². The molecule has 136 valence electrons. The predicted molar refractivity (Wildman–Crippen MR) is 99.3 cm³/mol. The summed E-state index contributed by atoms with van der Waals surface area (Å²) in [5, 5.41) is 5.14. The molecule has 3 amide bonds. The first-order valence-electron chi connectivity index (χ1n) is 8.86. The van der Waals surface area contributed by atoms with Crippen LogP contribution in [0.2, 0.25) is 0 Å². The third-order valence-corrected chi connectivity index (χ3v) is 4.78. The number of carbonyl (C=O) groups excluding carboxylic acids is 3. The summed E-state index contributed by atoms with van der Waals surface area (Å²) in [6.07, 6.45) is 0. The normalized spacial score (nSPS) is 16.1. The number of nitrogens with zero attached hydrogens (tertiary/aromatic N) is 2. The van der Waals surface area contributed by atoms with E-state index in [2.05, 4.69) is 5.32 Å². The number of benzene rings is 2. The van der Waals surface area contributed by atoms with Crippen LogP contribution in [0.4, 0.5) is 0 Å². The number of hydrogen-bond acceptors (Lipinski definition) is 3. The highest BCUT2D eigenvalue weighted by Crippen LogP contribution is 2.24. The van der Waals surface area contributed by atoms with Gasteiger partial charge in [0, 0.05) is 19.6 Å². The van der Waals surface area contributed by atoms with Crippen molar-refractivity contribution in [1.29, 1.82) is 0 Å². The Bertz CT molecular complexity index is 844. The number of amides is 3. The number of hydrogen-bond donors (Lipinski definition) is 1. The van der Waals surface area contributed by atoms with Crippen LogP contribution in [0.1, 0.15) is 25.5 Å². The molecule has 0 radical (unpaired) electrons. The van der Waals surface area contributed by atoms with Gasteiger partial charge in [-0.1, -0.05) is 42.5 Å². The van der Waals surface area contributed by atoms with Crippen LogP contribution in [0.15, 0.2) is 42.5 Å². The molecule has 2 aromatic rings. The summed E-state index contributed by atoms with van der Waals surface area (Å²) in [4.78, 5) is 39.3. The average Bonchev–Trinajstić information content (AvgIpc) is 2.65. The Morgan fingerprint density at radius 1 is 1.04 bits per heavy atom. The molecular formula is C20H23N3O3. The molecule has 1 fully saturated rings. The largest absolute Gasteiger partial charge is 0.348 e. The summed E-state index contributed by atoms with van der Waals surface area (Å²) in [6, 6.07) is 13.8. The fourth-order valence-electron chi connectivity index (χ4n) is 3.33. The zero-order chi connectivity index (χ0) is 18.7. The SMILES string of the molecule is CCN1CCN(CC(=O)NC(C)c2cccc3ccccc23)C(=O)C1=O. The van der Waals surface area contributed by atoms with Crippen LogP contribution in [0.3, 0.4) is 0 Å². The number of fused-ring (bicyclic) bond motifs is 1. The Labute approximate surface area is 152 Å². The van der Waals surface area contributed by atoms with Crippen LogP contribution < -0.4 is 5.32 Å². The summed E-state index contributed by atoms with van der Waals surface area (Å²) in [6.45, 7) is 5.00. The Balaban J connectivity index is 1.66. The highest BCUT2D eigenvalue weighted by atomic mass is 16.2. The minimum atomic E-state index is -0.605. The smallest absolute Gasteiger partial charge is 0.312 e. The van der Waals surface area contributed by atoms with Gasteiger partial charge in [0.15, 0.2) is 0 Å². The van der Waals surface area contributed by atoms with E-state index >= 15 is 0 Å². The topological polar surface area (TPSA) is 69.7 Å². The Morgan fingerprint density at radius 3 is 2.46 bits per heavy atom. The second kappa shape index (κ2) is 7.56. The van der Waals surface area contributed by atoms with Crippen molar-refractivity contribution in [2.24, 2.45) is 0 Å². The van der Waals surface area contributed by atoms with Crippen LogP contribution in [0.25, 0.3) is 10.8 Å². The lowest BCUT2D eigenvalue weighted by atomic mass is 10.00. The standard InChI is InChI=1S/C20H23N3O3/c1-3-22-11-12-23(20(26)19(22)25)13-18(24)21-14(2)16-10-6-8-15-7-4-5-9-17(15)16/h4-10,14H,3,11-13H2,1-2H3,(H,21,24). The van der Waals surface area contributed by atoms with Gasteiger partial charge in [-0.2, -0.15) is 0 Å². The summed E-state index contributed by atoms with van der Waals surface area (Å²) >= 11 is 0. The van der Waals surface area contributed by atoms with E-state index in [0.29, 0.717) is 19.6 Å². The lowest BCUT2D eigenvalue weighted by molar-refractivity contribution is -0.156. The molecule has 6 nitrogen and oxygen atoms in total. The summed E-state index contributed by atoms with van der Waals surface area (Å²) in [5.41, 5.74) is 1.02. The number of likely N-dealkylation sites (N-methyl/N-ethyl adjacent to an activating group) is 1. The molecule has 0 bridgehead atoms. The summed E-state index contributed by atoms with van der Waals surface area (Å²) in [5.74, 6) is -1.41. The molecule has 1 saturated heterocycles. The van der Waals surface area contributed by atoms with Crippen molar-refractivity contribution < 1.29 is 14.4 Å². The highest BCUT2D eigenvalue weighted by Gasteiger charge is 2.32. The van der Waals surface area contributed by atoms with Gasteiger partial charge in [0.05, 0.1) is 6.04 Å². The molecule has 1 unspecified atom stereocenters. The van der Waals surface area contributed by atoms with Gasteiger partial charge >= 0.3 is 11.8 Å². The van der Waals surface area contributed by atoms with Crippen LogP contribution in [0, 0.1) is 0 Å². The Kier molecular flexibility index (Phi) is 5.21. The predicted octanol–water partition coefficient (Wildman–Crippen LogP) is 1.71. The Morgan fingerprint density at radius 2 is 1.69 bits per heavy atom. The third kappa shape index (κ3) is 3.54. The second-order valence-corrected chi connectivity index (χ2v) is 6.47. The van der Waals surface area contributed by atoms with E-state index in [1.54, 1.807) is 0 Å². The number of rotatable bonds is 5. The maximum atomic E-state index is 12.4. The van der Waals surface area contributed by atoms with E-state index in [0.717, 1.165) is 16.3 Å². The fourth-order valence-corrected chi connectivity index (χ4v) is 3.33. The van der Waals surface area contributed by atoms with E-state index in [4.69, 9.17) is 0 Å². The zero-order valence-corrected chi connectivity index (χ0v) is 15.1. The van der Waals surface area contributed by atoms with Gasteiger partial charge in [0.2, 0.25) is 5.91 Å². The Hall–Kier alpha value is -2.89. The van der Waals surface area contributed by atoms with Crippen LogP contribution >= 0.6 is 0 Å². The van der Waals surface area contributed by atoms with Gasteiger partial charge in [0.1, 0.15) is 6.54 Å². The maximum absolute atomic E-state index is 12.4. The first-order chi connectivity index (χ1) is 12.5. The monoisotopic (exact) mass is 353 g/mol. The fraction of sp³-hybridized carbons (Fsp3) is 0.350. The molecule has 0 saturated carbocycles. The molecule has 0 aliphatic carbocycles. The van der Waals surface area contributed by atoms with Crippen molar-refractivity contribution >= 4 is 28.5 Å². The third-order valence-electron chi connectivity index (χ3n) is 4.78. The lowest BCUT2D eigenvalue weighted by Crippen LogP contribution is -2.56. The number of carbonyl (C=O) groups is 3. The molecule has 1 heterocycles. The molecule has 1 atom stereocenters. The molecule has 26 heavy (non-hydrogen) atoms. The molecule has 3 rings (SSSR count). The van der Waals surface area contributed by atoms with Gasteiger partial charge in [-0.25, -0.2) is 0 Å². The van der Waals surface area contributed by atoms with Crippen molar-refractivity contribution in [2.75, 3.05) is 26.2 Å². The number of nitrogens with one attached hydrogen (secondary N) is 1. The van der Waals surface area contributed by atoms with Gasteiger partial charge in [-0.3, -0.25) is 14.4 Å². The van der Waals surface area contributed by atoms with Crippen molar-refractivity contribution in [3.63, 3.8) is 0 Å². The van der Waals surface area contributed by atoms with E-state index in [-0.39, 0.29) is 18.5 Å². The van der Waals surface area contributed by atoms with Crippen LogP contribution in [-0.2, 0) is 14.4 Å². The van der Waals surface area contributed by atoms with Gasteiger partial charge < -0.3 is 15.1 Å². The second-order valence-electron chi connectivity index (χ2n) is 6.47. The molecule has 2 aromatic carbocycles. The van der Waals surface area contributed by atoms with E-state index in [9.17, 15) is 14.4 Å². The minimum Gasteiger partial charge on any atom is -0.348 e. The molecule has 1 aliphatic heterocycles. The van der Waals surface area contributed by atoms with Gasteiger partial charge in [-0.15, -0.1) is 0 Å². The first-order valence-corrected chi connectivity index (χ1v) is 8.86. The van der Waals surface area contributed by atoms with Crippen LogP contribution in [0.5, 0.6) is 0 Å². The van der Waals surface area contributed by atoms with Gasteiger partial charge in [-0.05, 0) is 30.2 Å². The van der Waals surface area contributed by atoms with Crippen molar-refractivity contribution in [3.8, 4) is 0 Å². The highest BCUT2D eigenvalue weighted by molar-refractivity contribution is 6.35. The molecule has 0 spiro atoms. The first kappa shape index (κ1) is 17.9. The average molecular weight is 353 g/mol. The van der Waals surface area contributed by atoms with E-state index in [1.807, 2.05) is 56.3 Å². The van der Waals surface area contributed by atoms with Crippen molar-refractivity contribution in [1.82, 2.24) is 15.1 Å². The summed E-state index contributed by atoms with van der Waals surface area (Å²) < 4.78 is 0. The van der Waals surface area contributed by atoms with Crippen LogP contribution in [-0.4, -0.2) is 53.7 Å².